The molecule has 3 heterocycles. The molecule has 1 aliphatic heterocycles. The van der Waals surface area contributed by atoms with Gasteiger partial charge < -0.3 is 29.4 Å². The average Bonchev–Trinajstić information content (AvgIpc) is 3.77. The topological polar surface area (TPSA) is 242 Å². The van der Waals surface area contributed by atoms with Gasteiger partial charge in [0, 0.05) is 0 Å². The van der Waals surface area contributed by atoms with Gasteiger partial charge in [0.25, 0.3) is 0 Å². The van der Waals surface area contributed by atoms with E-state index in [-0.39, 0.29) is 36.2 Å². The molecule has 0 spiro atoms. The molecule has 0 bridgehead atoms. The maximum Gasteiger partial charge on any atom is 0.406 e. The fraction of sp³-hybridized carbons (Fsp3) is 0.564. The fourth-order valence-corrected chi connectivity index (χ4v) is 7.42. The van der Waals surface area contributed by atoms with Crippen molar-refractivity contribution in [2.45, 2.75) is 105 Å². The van der Waals surface area contributed by atoms with Crippen LogP contribution in [0.4, 0.5) is 5.82 Å². The molecule has 4 rings (SSSR count). The summed E-state index contributed by atoms with van der Waals surface area (Å²) in [4.78, 5) is 56.4. The van der Waals surface area contributed by atoms with Gasteiger partial charge in [0.1, 0.15) is 30.1 Å². The van der Waals surface area contributed by atoms with Crippen LogP contribution >= 0.6 is 7.75 Å². The van der Waals surface area contributed by atoms with Gasteiger partial charge in [0.15, 0.2) is 18.0 Å². The van der Waals surface area contributed by atoms with Crippen molar-refractivity contribution < 1.29 is 56.5 Å². The van der Waals surface area contributed by atoms with Gasteiger partial charge in [0.05, 0.1) is 49.5 Å². The first-order valence-corrected chi connectivity index (χ1v) is 20.8. The van der Waals surface area contributed by atoms with E-state index < -0.39 is 86.6 Å². The van der Waals surface area contributed by atoms with E-state index in [4.69, 9.17) is 38.5 Å². The van der Waals surface area contributed by atoms with Crippen LogP contribution in [0.5, 0.6) is 0 Å². The normalized spacial score (nSPS) is 20.8. The van der Waals surface area contributed by atoms with Crippen LogP contribution < -0.4 is 10.8 Å². The van der Waals surface area contributed by atoms with Crippen molar-refractivity contribution in [2.24, 2.45) is 17.8 Å². The van der Waals surface area contributed by atoms with Crippen LogP contribution in [0.3, 0.4) is 0 Å². The Kier molecular flexibility index (Phi) is 15.9. The number of esters is 4. The number of ether oxygens (including phenoxy) is 5. The molecule has 18 nitrogen and oxygen atoms in total. The number of carbonyl (C=O) groups is 4. The van der Waals surface area contributed by atoms with Crippen LogP contribution in [-0.2, 0) is 63.9 Å². The van der Waals surface area contributed by atoms with Crippen LogP contribution in [0, 0.1) is 29.1 Å². The van der Waals surface area contributed by atoms with Crippen molar-refractivity contribution in [2.75, 3.05) is 25.6 Å². The second kappa shape index (κ2) is 20.2. The number of fused-ring (bicyclic) bond motifs is 1. The maximum atomic E-state index is 14.7. The minimum atomic E-state index is -4.63. The fourth-order valence-electron chi connectivity index (χ4n) is 5.97. The third-order valence-corrected chi connectivity index (χ3v) is 11.2. The van der Waals surface area contributed by atoms with Gasteiger partial charge in [0.2, 0.25) is 5.60 Å². The Morgan fingerprint density at radius 2 is 1.64 bits per heavy atom. The number of nitrogen functional groups attached to an aromatic ring is 1. The summed E-state index contributed by atoms with van der Waals surface area (Å²) in [5.41, 5.74) is 4.68. The molecule has 0 amide bonds. The third-order valence-electron chi connectivity index (χ3n) is 9.50. The summed E-state index contributed by atoms with van der Waals surface area (Å²) in [7, 11) is -4.63. The summed E-state index contributed by atoms with van der Waals surface area (Å²) in [5.74, 6) is -4.03. The van der Waals surface area contributed by atoms with Crippen LogP contribution in [-0.4, -0.2) is 82.6 Å². The van der Waals surface area contributed by atoms with Crippen LogP contribution in [0.2, 0.25) is 0 Å². The summed E-state index contributed by atoms with van der Waals surface area (Å²) in [5, 5.41) is 17.8. The molecule has 1 saturated heterocycles. The highest BCUT2D eigenvalue weighted by Gasteiger charge is 2.63. The first kappa shape index (κ1) is 45.8. The van der Waals surface area contributed by atoms with E-state index in [1.807, 2.05) is 13.8 Å². The molecule has 3 N–H and O–H groups in total. The predicted molar refractivity (Wildman–Crippen MR) is 207 cm³/mol. The Bertz CT molecular complexity index is 2010. The van der Waals surface area contributed by atoms with E-state index in [0.29, 0.717) is 11.1 Å². The van der Waals surface area contributed by atoms with Crippen LogP contribution in [0.25, 0.3) is 5.52 Å². The standard InChI is InChI=1S/C39H53N6O12P/c1-9-26(10-2)18-52-37(48)25(8)44-58(50,53-19-27-14-12-13-15-28(27)38(49)51-11-3)54-20-30-32(55-35(46)23(4)5)33(56-36(47)24(6)7)39(21-40,57-30)31-17-16-29-34(41)42-22-43-45(29)31/h12-17,22-26,30,32-33H,9-11,18-20H2,1-8H3,(H,44,50)(H2,41,42,43)/t25-,30+,32+,33+,39-,58?/m0/s1. The molecule has 0 radical (unpaired) electrons. The van der Waals surface area contributed by atoms with E-state index in [2.05, 4.69) is 21.2 Å². The number of hydrogen-bond donors (Lipinski definition) is 2. The lowest BCUT2D eigenvalue weighted by Gasteiger charge is -2.29. The number of nitrogens with one attached hydrogen (secondary N) is 1. The van der Waals surface area contributed by atoms with Gasteiger partial charge in [-0.2, -0.15) is 10.4 Å². The number of nitriles is 1. The number of hydrogen-bond acceptors (Lipinski definition) is 16. The smallest absolute Gasteiger partial charge is 0.406 e. The number of anilines is 1. The van der Waals surface area contributed by atoms with Crippen molar-refractivity contribution in [1.29, 1.82) is 5.26 Å². The molecule has 58 heavy (non-hydrogen) atoms. The van der Waals surface area contributed by atoms with Gasteiger partial charge >= 0.3 is 31.6 Å². The van der Waals surface area contributed by atoms with Crippen LogP contribution in [0.15, 0.2) is 42.7 Å². The zero-order valence-corrected chi connectivity index (χ0v) is 34.9. The molecule has 1 aromatic carbocycles. The second-order valence-corrected chi connectivity index (χ2v) is 16.1. The van der Waals surface area contributed by atoms with E-state index in [9.17, 15) is 29.0 Å². The minimum Gasteiger partial charge on any atom is -0.464 e. The molecular formula is C39H53N6O12P. The summed E-state index contributed by atoms with van der Waals surface area (Å²) in [6, 6.07) is 10.2. The zero-order valence-electron chi connectivity index (χ0n) is 34.0. The van der Waals surface area contributed by atoms with E-state index in [0.717, 1.165) is 19.2 Å². The SMILES string of the molecule is CCOC(=O)c1ccccc1COP(=O)(N[C@@H](C)C(=O)OCC(CC)CC)OC[C@H]1O[C@@](C#N)(c2ccc3c(N)ncnn23)[C@H](OC(=O)C(C)C)[C@@H]1OC(=O)C(C)C. The molecule has 0 aliphatic carbocycles. The predicted octanol–water partition coefficient (Wildman–Crippen LogP) is 5.04. The summed E-state index contributed by atoms with van der Waals surface area (Å²) in [6.07, 6.45) is -1.90. The molecule has 1 aliphatic rings. The van der Waals surface area contributed by atoms with Crippen molar-refractivity contribution >= 4 is 43.0 Å². The number of nitrogens with two attached hydrogens (primary N) is 1. The van der Waals surface area contributed by atoms with Gasteiger partial charge in [-0.15, -0.1) is 0 Å². The number of benzene rings is 1. The Morgan fingerprint density at radius 3 is 2.28 bits per heavy atom. The van der Waals surface area contributed by atoms with Crippen molar-refractivity contribution in [3.8, 4) is 6.07 Å². The van der Waals surface area contributed by atoms with E-state index in [1.165, 1.54) is 29.6 Å². The van der Waals surface area contributed by atoms with Gasteiger partial charge in [-0.25, -0.2) is 23.9 Å². The lowest BCUT2D eigenvalue weighted by Crippen LogP contribution is -2.47. The maximum absolute atomic E-state index is 14.7. The van der Waals surface area contributed by atoms with Crippen LogP contribution in [0.1, 0.15) is 89.8 Å². The Balaban J connectivity index is 1.77. The molecule has 2 aromatic heterocycles. The Hall–Kier alpha value is -4.92. The number of aromatic nitrogens is 3. The number of carbonyl (C=O) groups excluding carboxylic acids is 4. The zero-order chi connectivity index (χ0) is 42.8. The quantitative estimate of drug-likeness (QED) is 0.0861. The first-order valence-electron chi connectivity index (χ1n) is 19.2. The molecule has 1 fully saturated rings. The number of nitrogens with zero attached hydrogens (tertiary/aromatic N) is 4. The lowest BCUT2D eigenvalue weighted by molar-refractivity contribution is -0.173. The van der Waals surface area contributed by atoms with Crippen molar-refractivity contribution in [3.63, 3.8) is 0 Å². The highest BCUT2D eigenvalue weighted by molar-refractivity contribution is 7.51. The molecular weight excluding hydrogens is 775 g/mol. The second-order valence-electron chi connectivity index (χ2n) is 14.3. The Morgan fingerprint density at radius 1 is 0.966 bits per heavy atom. The van der Waals surface area contributed by atoms with Gasteiger partial charge in [-0.05, 0) is 43.5 Å². The molecule has 6 atom stereocenters. The third kappa shape index (κ3) is 10.6. The van der Waals surface area contributed by atoms with Gasteiger partial charge in [-0.1, -0.05) is 72.6 Å². The highest BCUT2D eigenvalue weighted by atomic mass is 31.2. The summed E-state index contributed by atoms with van der Waals surface area (Å²) in [6.45, 7) is 12.4. The molecule has 0 saturated carbocycles. The van der Waals surface area contributed by atoms with Crippen molar-refractivity contribution in [1.82, 2.24) is 19.7 Å². The summed E-state index contributed by atoms with van der Waals surface area (Å²) >= 11 is 0. The minimum absolute atomic E-state index is 0.0516. The molecule has 1 unspecified atom stereocenters. The monoisotopic (exact) mass is 828 g/mol. The number of rotatable bonds is 20. The first-order chi connectivity index (χ1) is 27.5. The highest BCUT2D eigenvalue weighted by Crippen LogP contribution is 2.49. The molecule has 19 heteroatoms. The molecule has 316 valence electrons. The Labute approximate surface area is 337 Å². The van der Waals surface area contributed by atoms with Crippen molar-refractivity contribution in [3.05, 3.63) is 59.5 Å². The van der Waals surface area contributed by atoms with E-state index >= 15 is 0 Å². The average molecular weight is 829 g/mol. The molecule has 3 aromatic rings. The van der Waals surface area contributed by atoms with Gasteiger partial charge in [-0.3, -0.25) is 23.4 Å². The lowest BCUT2D eigenvalue weighted by atomic mass is 9.92. The summed E-state index contributed by atoms with van der Waals surface area (Å²) < 4.78 is 56.9. The largest absolute Gasteiger partial charge is 0.464 e. The van der Waals surface area contributed by atoms with E-state index in [1.54, 1.807) is 52.8 Å².